The molecule has 1 heterocycles. The first-order valence-corrected chi connectivity index (χ1v) is 11.0. The number of ketones is 1. The van der Waals surface area contributed by atoms with E-state index >= 15 is 0 Å². The van der Waals surface area contributed by atoms with Crippen LogP contribution in [0, 0.1) is 25.7 Å². The van der Waals surface area contributed by atoms with E-state index in [1.165, 1.54) is 25.5 Å². The molecule has 179 valence electrons. The average molecular weight is 635 g/mol. The summed E-state index contributed by atoms with van der Waals surface area (Å²) in [7, 11) is 0. The fraction of sp³-hybridized carbons (Fsp3) is 0.241. The summed E-state index contributed by atoms with van der Waals surface area (Å²) in [6.07, 6.45) is 3.06. The zero-order valence-electron chi connectivity index (χ0n) is 20.3. The van der Waals surface area contributed by atoms with Crippen molar-refractivity contribution in [2.45, 2.75) is 47.5 Å². The fourth-order valence-corrected chi connectivity index (χ4v) is 4.06. The van der Waals surface area contributed by atoms with Gasteiger partial charge in [-0.1, -0.05) is 52.0 Å². The second kappa shape index (κ2) is 11.5. The second-order valence-corrected chi connectivity index (χ2v) is 8.69. The summed E-state index contributed by atoms with van der Waals surface area (Å²) in [5, 5.41) is 11.8. The minimum absolute atomic E-state index is 0. The maximum absolute atomic E-state index is 14.8. The predicted octanol–water partition coefficient (Wildman–Crippen LogP) is 7.77. The molecule has 0 bridgehead atoms. The smallest absolute Gasteiger partial charge is 0.155 e. The summed E-state index contributed by atoms with van der Waals surface area (Å²) in [6, 6.07) is 16.9. The zero-order chi connectivity index (χ0) is 24.3. The van der Waals surface area contributed by atoms with Crippen molar-refractivity contribution in [3.63, 3.8) is 0 Å². The summed E-state index contributed by atoms with van der Waals surface area (Å²) in [6.45, 7) is 11.2. The van der Waals surface area contributed by atoms with Crippen LogP contribution in [-0.4, -0.2) is 15.9 Å². The number of nitrogens with zero attached hydrogens (tertiary/aromatic N) is 1. The largest absolute Gasteiger partial charge is 0.512 e. The molecule has 0 unspecified atom stereocenters. The maximum atomic E-state index is 14.8. The number of aryl methyl sites for hydroxylation is 2. The summed E-state index contributed by atoms with van der Waals surface area (Å²) < 4.78 is 14.8. The number of pyridine rings is 1. The Kier molecular flexibility index (Phi) is 9.26. The molecule has 3 nitrogen and oxygen atoms in total. The van der Waals surface area contributed by atoms with E-state index in [0.717, 1.165) is 38.5 Å². The topological polar surface area (TPSA) is 50.2 Å². The number of benzene rings is 3. The van der Waals surface area contributed by atoms with Crippen molar-refractivity contribution in [1.29, 1.82) is 0 Å². The van der Waals surface area contributed by atoms with Crippen LogP contribution in [0.2, 0.25) is 0 Å². The molecule has 5 heteroatoms. The van der Waals surface area contributed by atoms with Crippen LogP contribution in [0.3, 0.4) is 0 Å². The van der Waals surface area contributed by atoms with Gasteiger partial charge in [-0.05, 0) is 53.2 Å². The van der Waals surface area contributed by atoms with Crippen LogP contribution < -0.4 is 0 Å². The van der Waals surface area contributed by atoms with E-state index in [-0.39, 0.29) is 43.4 Å². The van der Waals surface area contributed by atoms with Crippen molar-refractivity contribution in [3.8, 4) is 11.3 Å². The Hall–Kier alpha value is -2.88. The van der Waals surface area contributed by atoms with Crippen LogP contribution in [0.1, 0.15) is 50.3 Å². The molecule has 0 spiro atoms. The van der Waals surface area contributed by atoms with Gasteiger partial charge in [-0.2, -0.15) is 0 Å². The zero-order valence-corrected chi connectivity index (χ0v) is 22.7. The number of aliphatic hydroxyl groups is 1. The summed E-state index contributed by atoms with van der Waals surface area (Å²) in [5.41, 5.74) is 5.14. The molecule has 1 N–H and O–H groups in total. The van der Waals surface area contributed by atoms with E-state index in [4.69, 9.17) is 10.1 Å². The third-order valence-corrected chi connectivity index (χ3v) is 5.31. The van der Waals surface area contributed by atoms with Crippen LogP contribution >= 0.6 is 0 Å². The van der Waals surface area contributed by atoms with Gasteiger partial charge in [0.25, 0.3) is 0 Å². The number of hydrogen-bond acceptors (Lipinski definition) is 3. The number of halogens is 1. The fourth-order valence-electron chi connectivity index (χ4n) is 4.06. The average Bonchev–Trinajstić information content (AvgIpc) is 2.71. The minimum Gasteiger partial charge on any atom is -0.512 e. The maximum Gasteiger partial charge on any atom is 0.155 e. The van der Waals surface area contributed by atoms with Gasteiger partial charge >= 0.3 is 0 Å². The first-order valence-electron chi connectivity index (χ1n) is 11.0. The number of aliphatic hydroxyl groups excluding tert-OH is 1. The Labute approximate surface area is 214 Å². The molecule has 0 aliphatic heterocycles. The molecule has 0 aliphatic carbocycles. The van der Waals surface area contributed by atoms with Crippen molar-refractivity contribution in [2.75, 3.05) is 0 Å². The molecule has 0 saturated carbocycles. The molecular weight excluding hydrogens is 606 g/mol. The van der Waals surface area contributed by atoms with Gasteiger partial charge in [0.1, 0.15) is 5.82 Å². The Bertz CT molecular complexity index is 1350. The van der Waals surface area contributed by atoms with E-state index in [1.54, 1.807) is 6.07 Å². The van der Waals surface area contributed by atoms with Gasteiger partial charge < -0.3 is 10.1 Å². The normalized spacial score (nSPS) is 11.2. The standard InChI is InChI=1S/C24H21FN.C5H8O2.Ir/c1-14(2)21-13-26-24(17-10-15(3)9-16(4)11-17)23-19-8-6-5-7-18(19)22(25)12-20(21)23;1-4(6)3-5(2)7;/h5-10,12-14H,1-4H3;3,6H,1-2H3;/q-1;;/b;4-3-;. The minimum atomic E-state index is -0.184. The van der Waals surface area contributed by atoms with Crippen LogP contribution in [0.4, 0.5) is 4.39 Å². The van der Waals surface area contributed by atoms with Gasteiger partial charge in [0, 0.05) is 37.8 Å². The van der Waals surface area contributed by atoms with Crippen LogP contribution in [0.25, 0.3) is 32.8 Å². The quantitative estimate of drug-likeness (QED) is 0.108. The van der Waals surface area contributed by atoms with E-state index in [0.29, 0.717) is 5.39 Å². The van der Waals surface area contributed by atoms with E-state index in [2.05, 4.69) is 39.0 Å². The number of carbonyl (C=O) groups excluding carboxylic acids is 1. The van der Waals surface area contributed by atoms with Crippen LogP contribution in [0.15, 0.2) is 60.5 Å². The van der Waals surface area contributed by atoms with Gasteiger partial charge in [0.15, 0.2) is 5.78 Å². The molecule has 4 rings (SSSR count). The molecule has 0 saturated heterocycles. The third-order valence-electron chi connectivity index (χ3n) is 5.31. The molecule has 0 fully saturated rings. The van der Waals surface area contributed by atoms with Crippen molar-refractivity contribution >= 4 is 27.3 Å². The Morgan fingerprint density at radius 2 is 1.71 bits per heavy atom. The molecule has 0 atom stereocenters. The molecule has 3 aromatic carbocycles. The Morgan fingerprint density at radius 1 is 1.06 bits per heavy atom. The molecule has 1 radical (unpaired) electrons. The first-order chi connectivity index (χ1) is 15.6. The second-order valence-electron chi connectivity index (χ2n) is 8.69. The van der Waals surface area contributed by atoms with E-state index < -0.39 is 0 Å². The molecule has 34 heavy (non-hydrogen) atoms. The SMILES string of the molecule is CC(=O)/C=C(/C)O.Cc1[c-]c(-c2ncc(C(C)C)c3cc(F)c4ccccc4c23)cc(C)c1.[Ir]. The van der Waals surface area contributed by atoms with Gasteiger partial charge in [0.05, 0.1) is 5.76 Å². The number of carbonyl (C=O) groups is 1. The predicted molar refractivity (Wildman–Crippen MR) is 134 cm³/mol. The summed E-state index contributed by atoms with van der Waals surface area (Å²) in [5.74, 6) is 0.0203. The van der Waals surface area contributed by atoms with E-state index in [9.17, 15) is 9.18 Å². The van der Waals surface area contributed by atoms with Gasteiger partial charge in [-0.3, -0.25) is 4.79 Å². The number of aromatic nitrogens is 1. The molecule has 0 amide bonds. The van der Waals surface area contributed by atoms with Gasteiger partial charge in [-0.25, -0.2) is 4.39 Å². The number of fused-ring (bicyclic) bond motifs is 3. The molecule has 1 aromatic heterocycles. The number of allylic oxidation sites excluding steroid dienone is 2. The first kappa shape index (κ1) is 27.4. The van der Waals surface area contributed by atoms with E-state index in [1.807, 2.05) is 37.4 Å². The van der Waals surface area contributed by atoms with Crippen molar-refractivity contribution in [3.05, 3.63) is 89.1 Å². The Morgan fingerprint density at radius 3 is 2.24 bits per heavy atom. The molecule has 0 aliphatic rings. The summed E-state index contributed by atoms with van der Waals surface area (Å²) in [4.78, 5) is 14.8. The Balaban J connectivity index is 0.000000449. The number of hydrogen-bond donors (Lipinski definition) is 1. The van der Waals surface area contributed by atoms with Crippen molar-refractivity contribution < 1.29 is 34.4 Å². The van der Waals surface area contributed by atoms with Gasteiger partial charge in [0.2, 0.25) is 0 Å². The monoisotopic (exact) mass is 635 g/mol. The van der Waals surface area contributed by atoms with Crippen LogP contribution in [-0.2, 0) is 24.9 Å². The third kappa shape index (κ3) is 6.16. The van der Waals surface area contributed by atoms with Gasteiger partial charge in [-0.15, -0.1) is 34.9 Å². The van der Waals surface area contributed by atoms with Crippen LogP contribution in [0.5, 0.6) is 0 Å². The molecular formula is C29H29FIrNO2-. The van der Waals surface area contributed by atoms with Crippen molar-refractivity contribution in [2.24, 2.45) is 0 Å². The summed E-state index contributed by atoms with van der Waals surface area (Å²) >= 11 is 0. The number of rotatable bonds is 3. The molecule has 4 aromatic rings. The van der Waals surface area contributed by atoms with Crippen molar-refractivity contribution in [1.82, 2.24) is 4.98 Å².